The van der Waals surface area contributed by atoms with Gasteiger partial charge in [-0.05, 0) is 30.0 Å². The number of unbranched alkanes of at least 4 members (excludes halogenated alkanes) is 4. The van der Waals surface area contributed by atoms with Gasteiger partial charge in [0.1, 0.15) is 5.76 Å². The first kappa shape index (κ1) is 15.1. The molecule has 2 aromatic rings. The van der Waals surface area contributed by atoms with E-state index in [9.17, 15) is 4.79 Å². The first-order valence-electron chi connectivity index (χ1n) is 7.42. The molecule has 0 unspecified atom stereocenters. The smallest absolute Gasteiger partial charge is 0.336 e. The molecule has 2 nitrogen and oxygen atoms in total. The summed E-state index contributed by atoms with van der Waals surface area (Å²) in [6.45, 7) is 0. The summed E-state index contributed by atoms with van der Waals surface area (Å²) in [6.07, 6.45) is 11.2. The fraction of sp³-hybridized carbons (Fsp3) is 0.316. The van der Waals surface area contributed by atoms with E-state index in [-0.39, 0.29) is 5.63 Å². The van der Waals surface area contributed by atoms with E-state index in [1.54, 1.807) is 6.07 Å². The van der Waals surface area contributed by atoms with E-state index < -0.39 is 0 Å². The molecule has 0 atom stereocenters. The van der Waals surface area contributed by atoms with E-state index in [4.69, 9.17) is 10.8 Å². The summed E-state index contributed by atoms with van der Waals surface area (Å²) in [5, 5.41) is 0. The van der Waals surface area contributed by atoms with Gasteiger partial charge < -0.3 is 4.42 Å². The quantitative estimate of drug-likeness (QED) is 0.554. The predicted molar refractivity (Wildman–Crippen MR) is 86.0 cm³/mol. The lowest BCUT2D eigenvalue weighted by atomic mass is 10.0. The average molecular weight is 280 g/mol. The fourth-order valence-electron chi connectivity index (χ4n) is 2.33. The highest BCUT2D eigenvalue weighted by atomic mass is 16.4. The average Bonchev–Trinajstić information content (AvgIpc) is 2.51. The second-order valence-corrected chi connectivity index (χ2v) is 5.12. The summed E-state index contributed by atoms with van der Waals surface area (Å²) in [5.41, 5.74) is 1.69. The maximum Gasteiger partial charge on any atom is 0.336 e. The molecule has 1 heterocycles. The van der Waals surface area contributed by atoms with E-state index in [0.717, 1.165) is 55.4 Å². The van der Waals surface area contributed by atoms with Crippen molar-refractivity contribution in [3.8, 4) is 23.5 Å². The van der Waals surface area contributed by atoms with Crippen LogP contribution in [0.2, 0.25) is 0 Å². The Hall–Kier alpha value is -2.27. The molecule has 108 valence electrons. The molecule has 0 N–H and O–H groups in total. The Kier molecular flexibility index (Phi) is 5.84. The highest BCUT2D eigenvalue weighted by molar-refractivity contribution is 5.62. The molecule has 0 spiro atoms. The maximum atomic E-state index is 11.7. The monoisotopic (exact) mass is 280 g/mol. The van der Waals surface area contributed by atoms with Crippen LogP contribution < -0.4 is 5.63 Å². The number of terminal acetylenes is 1. The molecule has 0 amide bonds. The van der Waals surface area contributed by atoms with Gasteiger partial charge in [-0.3, -0.25) is 0 Å². The number of hydrogen-bond acceptors (Lipinski definition) is 2. The minimum atomic E-state index is -0.279. The Balaban J connectivity index is 1.97. The van der Waals surface area contributed by atoms with Crippen molar-refractivity contribution in [3.05, 3.63) is 58.6 Å². The maximum absolute atomic E-state index is 11.7. The first-order valence-corrected chi connectivity index (χ1v) is 7.42. The second-order valence-electron chi connectivity index (χ2n) is 5.12. The Bertz CT molecular complexity index is 647. The van der Waals surface area contributed by atoms with Crippen LogP contribution in [0.25, 0.3) is 11.1 Å². The van der Waals surface area contributed by atoms with Crippen LogP contribution in [0.3, 0.4) is 0 Å². The summed E-state index contributed by atoms with van der Waals surface area (Å²) >= 11 is 0. The minimum absolute atomic E-state index is 0.279. The lowest BCUT2D eigenvalue weighted by Gasteiger charge is -2.04. The number of benzene rings is 1. The zero-order valence-electron chi connectivity index (χ0n) is 12.2. The van der Waals surface area contributed by atoms with E-state index in [1.807, 2.05) is 36.4 Å². The molecule has 1 aromatic carbocycles. The molecular formula is C19H20O2. The van der Waals surface area contributed by atoms with E-state index >= 15 is 0 Å². The Labute approximate surface area is 125 Å². The van der Waals surface area contributed by atoms with Crippen LogP contribution in [0.15, 0.2) is 51.7 Å². The highest BCUT2D eigenvalue weighted by Gasteiger charge is 2.04. The van der Waals surface area contributed by atoms with Crippen molar-refractivity contribution in [3.63, 3.8) is 0 Å². The largest absolute Gasteiger partial charge is 0.428 e. The van der Waals surface area contributed by atoms with Crippen LogP contribution in [0, 0.1) is 12.3 Å². The van der Waals surface area contributed by atoms with Crippen molar-refractivity contribution >= 4 is 0 Å². The van der Waals surface area contributed by atoms with Crippen LogP contribution >= 0.6 is 0 Å². The molecule has 0 saturated heterocycles. The molecule has 0 radical (unpaired) electrons. The summed E-state index contributed by atoms with van der Waals surface area (Å²) in [4.78, 5) is 11.7. The van der Waals surface area contributed by atoms with Gasteiger partial charge in [-0.25, -0.2) is 4.79 Å². The Morgan fingerprint density at radius 3 is 2.48 bits per heavy atom. The van der Waals surface area contributed by atoms with Gasteiger partial charge in [-0.2, -0.15) is 0 Å². The molecule has 0 fully saturated rings. The van der Waals surface area contributed by atoms with Gasteiger partial charge in [0.05, 0.1) is 0 Å². The van der Waals surface area contributed by atoms with Crippen LogP contribution in [0.4, 0.5) is 0 Å². The summed E-state index contributed by atoms with van der Waals surface area (Å²) < 4.78 is 5.28. The molecule has 0 aliphatic heterocycles. The van der Waals surface area contributed by atoms with Gasteiger partial charge in [-0.1, -0.05) is 43.2 Å². The zero-order valence-corrected chi connectivity index (χ0v) is 12.2. The SMILES string of the molecule is C#CCCCCCCc1cc(-c2ccccc2)cc(=O)o1. The minimum Gasteiger partial charge on any atom is -0.428 e. The van der Waals surface area contributed by atoms with Gasteiger partial charge in [0.25, 0.3) is 0 Å². The third-order valence-electron chi connectivity index (χ3n) is 3.42. The van der Waals surface area contributed by atoms with Crippen molar-refractivity contribution in [1.82, 2.24) is 0 Å². The molecule has 2 rings (SSSR count). The third-order valence-corrected chi connectivity index (χ3v) is 3.42. The normalized spacial score (nSPS) is 10.2. The second kappa shape index (κ2) is 8.11. The summed E-state index contributed by atoms with van der Waals surface area (Å²) in [5.74, 6) is 3.41. The van der Waals surface area contributed by atoms with Crippen molar-refractivity contribution < 1.29 is 4.42 Å². The molecule has 2 heteroatoms. The predicted octanol–water partition coefficient (Wildman–Crippen LogP) is 4.43. The molecule has 1 aromatic heterocycles. The Morgan fingerprint density at radius 1 is 0.952 bits per heavy atom. The fourth-order valence-corrected chi connectivity index (χ4v) is 2.33. The van der Waals surface area contributed by atoms with Crippen LogP contribution in [0.5, 0.6) is 0 Å². The van der Waals surface area contributed by atoms with Crippen molar-refractivity contribution in [2.75, 3.05) is 0 Å². The lowest BCUT2D eigenvalue weighted by molar-refractivity contribution is 0.449. The standard InChI is InChI=1S/C19H20O2/c1-2-3-4-5-6-10-13-18-14-17(15-19(20)21-18)16-11-8-7-9-12-16/h1,7-9,11-12,14-15H,3-6,10,13H2. The first-order chi connectivity index (χ1) is 10.3. The number of rotatable bonds is 7. The molecule has 21 heavy (non-hydrogen) atoms. The van der Waals surface area contributed by atoms with E-state index in [0.29, 0.717) is 0 Å². The number of aryl methyl sites for hydroxylation is 1. The van der Waals surface area contributed by atoms with Gasteiger partial charge in [0, 0.05) is 18.9 Å². The van der Waals surface area contributed by atoms with Crippen LogP contribution in [-0.2, 0) is 6.42 Å². The topological polar surface area (TPSA) is 30.2 Å². The van der Waals surface area contributed by atoms with Gasteiger partial charge in [-0.15, -0.1) is 12.3 Å². The van der Waals surface area contributed by atoms with Crippen molar-refractivity contribution in [2.24, 2.45) is 0 Å². The van der Waals surface area contributed by atoms with Gasteiger partial charge in [0.2, 0.25) is 0 Å². The molecule has 0 bridgehead atoms. The molecular weight excluding hydrogens is 260 g/mol. The third kappa shape index (κ3) is 4.96. The van der Waals surface area contributed by atoms with Gasteiger partial charge in [0.15, 0.2) is 0 Å². The van der Waals surface area contributed by atoms with E-state index in [2.05, 4.69) is 5.92 Å². The van der Waals surface area contributed by atoms with Crippen LogP contribution in [0.1, 0.15) is 37.9 Å². The number of hydrogen-bond donors (Lipinski definition) is 0. The molecule has 0 aliphatic carbocycles. The Morgan fingerprint density at radius 2 is 1.71 bits per heavy atom. The van der Waals surface area contributed by atoms with Crippen LogP contribution in [-0.4, -0.2) is 0 Å². The summed E-state index contributed by atoms with van der Waals surface area (Å²) in [7, 11) is 0. The molecule has 0 aliphatic rings. The lowest BCUT2D eigenvalue weighted by Crippen LogP contribution is -2.01. The van der Waals surface area contributed by atoms with E-state index in [1.165, 1.54) is 0 Å². The van der Waals surface area contributed by atoms with Crippen molar-refractivity contribution in [2.45, 2.75) is 38.5 Å². The van der Waals surface area contributed by atoms with Crippen molar-refractivity contribution in [1.29, 1.82) is 0 Å². The highest BCUT2D eigenvalue weighted by Crippen LogP contribution is 2.19. The zero-order chi connectivity index (χ0) is 14.9. The van der Waals surface area contributed by atoms with Gasteiger partial charge >= 0.3 is 5.63 Å². The molecule has 0 saturated carbocycles. The summed E-state index contributed by atoms with van der Waals surface area (Å²) in [6, 6.07) is 13.4.